The van der Waals surface area contributed by atoms with Crippen LogP contribution in [-0.4, -0.2) is 51.1 Å². The Labute approximate surface area is 121 Å². The second kappa shape index (κ2) is 7.31. The summed E-state index contributed by atoms with van der Waals surface area (Å²) in [6.45, 7) is 5.17. The molecule has 0 saturated carbocycles. The number of piperazine rings is 1. The van der Waals surface area contributed by atoms with Crippen molar-refractivity contribution in [2.45, 2.75) is 0 Å². The van der Waals surface area contributed by atoms with Crippen LogP contribution in [0.15, 0.2) is 6.07 Å². The number of aromatic carboxylic acids is 1. The molecule has 1 fully saturated rings. The first-order chi connectivity index (χ1) is 8.40. The van der Waals surface area contributed by atoms with Crippen molar-refractivity contribution in [2.24, 2.45) is 0 Å². The van der Waals surface area contributed by atoms with Crippen molar-refractivity contribution in [3.05, 3.63) is 20.3 Å². The van der Waals surface area contributed by atoms with Crippen LogP contribution in [0.25, 0.3) is 0 Å². The Kier molecular flexibility index (Phi) is 6.38. The van der Waals surface area contributed by atoms with Crippen LogP contribution in [0.5, 0.6) is 0 Å². The molecule has 1 aromatic rings. The van der Waals surface area contributed by atoms with Gasteiger partial charge in [0.05, 0.1) is 36.0 Å². The predicted molar refractivity (Wildman–Crippen MR) is 72.8 cm³/mol. The average molecular weight is 311 g/mol. The van der Waals surface area contributed by atoms with Crippen LogP contribution in [0, 0.1) is 0 Å². The minimum atomic E-state index is -1.25. The lowest BCUT2D eigenvalue weighted by atomic mass is 10.4. The van der Waals surface area contributed by atoms with Crippen molar-refractivity contribution in [3.63, 3.8) is 0 Å². The summed E-state index contributed by atoms with van der Waals surface area (Å²) >= 11 is 11.8. The number of carbonyl (C=O) groups is 1. The zero-order valence-electron chi connectivity index (χ0n) is 10.3. The maximum atomic E-state index is 10.1. The minimum Gasteiger partial charge on any atom is -0.544 e. The lowest BCUT2D eigenvalue weighted by Crippen LogP contribution is -3.11. The van der Waals surface area contributed by atoms with Crippen LogP contribution in [0.3, 0.4) is 0 Å². The molecule has 1 N–H and O–H groups in total. The molecule has 1 aliphatic heterocycles. The van der Waals surface area contributed by atoms with Crippen molar-refractivity contribution in [3.8, 4) is 0 Å². The van der Waals surface area contributed by atoms with Crippen LogP contribution in [-0.2, 0) is 0 Å². The third-order valence-corrected chi connectivity index (χ3v) is 4.53. The smallest absolute Gasteiger partial charge is 0.112 e. The number of rotatable bonds is 1. The summed E-state index contributed by atoms with van der Waals surface area (Å²) < 4.78 is 0.279. The Hall–Kier alpha value is -0.330. The van der Waals surface area contributed by atoms with E-state index in [9.17, 15) is 9.90 Å². The molecular formula is C11H16Cl2N2O2S. The highest BCUT2D eigenvalue weighted by molar-refractivity contribution is 7.18. The molecule has 0 radical (unpaired) electrons. The van der Waals surface area contributed by atoms with Gasteiger partial charge in [-0.3, -0.25) is 4.90 Å². The fraction of sp³-hybridized carbons (Fsp3) is 0.545. The Morgan fingerprint density at radius 3 is 2.28 bits per heavy atom. The van der Waals surface area contributed by atoms with Gasteiger partial charge in [-0.15, -0.1) is 11.3 Å². The highest BCUT2D eigenvalue weighted by atomic mass is 35.5. The van der Waals surface area contributed by atoms with Gasteiger partial charge in [-0.25, -0.2) is 0 Å². The number of nitrogens with zero attached hydrogens (tertiary/aromatic N) is 1. The lowest BCUT2D eigenvalue weighted by molar-refractivity contribution is -0.884. The van der Waals surface area contributed by atoms with Crippen LogP contribution >= 0.6 is 34.5 Å². The molecule has 0 amide bonds. The lowest BCUT2D eigenvalue weighted by Gasteiger charge is -2.26. The quantitative estimate of drug-likeness (QED) is 0.786. The van der Waals surface area contributed by atoms with Gasteiger partial charge in [0.1, 0.15) is 4.34 Å². The van der Waals surface area contributed by atoms with Crippen molar-refractivity contribution in [2.75, 3.05) is 40.3 Å². The van der Waals surface area contributed by atoms with E-state index in [4.69, 9.17) is 23.2 Å². The van der Waals surface area contributed by atoms with Gasteiger partial charge in [-0.2, -0.15) is 0 Å². The number of halogens is 2. The highest BCUT2D eigenvalue weighted by Gasteiger charge is 2.11. The summed E-state index contributed by atoms with van der Waals surface area (Å²) in [6, 6.07) is 1.27. The molecule has 0 atom stereocenters. The zero-order chi connectivity index (χ0) is 13.7. The Bertz CT molecular complexity index is 374. The van der Waals surface area contributed by atoms with Gasteiger partial charge >= 0.3 is 0 Å². The number of hydrogen-bond acceptors (Lipinski definition) is 4. The second-order valence-corrected chi connectivity index (χ2v) is 6.34. The third kappa shape index (κ3) is 5.12. The monoisotopic (exact) mass is 310 g/mol. The van der Waals surface area contributed by atoms with Gasteiger partial charge < -0.3 is 14.8 Å². The number of carboxylic acid groups (broad SMARTS) is 1. The summed E-state index contributed by atoms with van der Waals surface area (Å²) in [5, 5.41) is 10.4. The molecule has 7 heteroatoms. The summed E-state index contributed by atoms with van der Waals surface area (Å²) in [7, 11) is 4.44. The summed E-state index contributed by atoms with van der Waals surface area (Å²) in [5.74, 6) is -1.25. The Morgan fingerprint density at radius 1 is 1.44 bits per heavy atom. The van der Waals surface area contributed by atoms with Gasteiger partial charge in [-0.1, -0.05) is 23.2 Å². The van der Waals surface area contributed by atoms with E-state index in [2.05, 4.69) is 19.0 Å². The molecule has 1 aromatic heterocycles. The van der Waals surface area contributed by atoms with E-state index in [1.54, 1.807) is 4.90 Å². The predicted octanol–water partition coefficient (Wildman–Crippen LogP) is -0.135. The molecule has 0 spiro atoms. The zero-order valence-corrected chi connectivity index (χ0v) is 12.7. The number of nitrogens with one attached hydrogen (secondary N) is 1. The standard InChI is InChI=1S/C6H14N2.C5H2Cl2O2S/c1-7-3-5-8(2)6-4-7;6-2-1-3(5(8)9)10-4(2)7/h3-6H2,1-2H3;1H,(H,8,9). The second-order valence-electron chi connectivity index (χ2n) is 4.28. The van der Waals surface area contributed by atoms with Crippen molar-refractivity contribution >= 4 is 40.5 Å². The van der Waals surface area contributed by atoms with Crippen molar-refractivity contribution in [1.29, 1.82) is 0 Å². The molecule has 2 heterocycles. The summed E-state index contributed by atoms with van der Waals surface area (Å²) in [6.07, 6.45) is 0. The maximum absolute atomic E-state index is 10.1. The van der Waals surface area contributed by atoms with E-state index in [-0.39, 0.29) is 14.2 Å². The number of likely N-dealkylation sites (N-methyl/N-ethyl adjacent to an activating group) is 2. The number of hydrogen-bond donors (Lipinski definition) is 1. The molecule has 4 nitrogen and oxygen atoms in total. The van der Waals surface area contributed by atoms with Crippen molar-refractivity contribution < 1.29 is 14.8 Å². The van der Waals surface area contributed by atoms with Crippen LogP contribution < -0.4 is 10.0 Å². The average Bonchev–Trinajstić information content (AvgIpc) is 2.65. The molecule has 0 bridgehead atoms. The normalized spacial score (nSPS) is 17.1. The molecule has 2 rings (SSSR count). The van der Waals surface area contributed by atoms with Crippen LogP contribution in [0.4, 0.5) is 0 Å². The minimum absolute atomic E-state index is 0.0509. The summed E-state index contributed by atoms with van der Waals surface area (Å²) in [4.78, 5) is 14.3. The largest absolute Gasteiger partial charge is 0.544 e. The molecule has 18 heavy (non-hydrogen) atoms. The first kappa shape index (κ1) is 15.7. The molecule has 1 saturated heterocycles. The van der Waals surface area contributed by atoms with Crippen molar-refractivity contribution in [1.82, 2.24) is 4.90 Å². The highest BCUT2D eigenvalue weighted by Crippen LogP contribution is 2.30. The molecule has 0 aromatic carbocycles. The number of quaternary nitrogens is 1. The number of carboxylic acids is 1. The van der Waals surface area contributed by atoms with E-state index < -0.39 is 5.97 Å². The summed E-state index contributed by atoms with van der Waals surface area (Å²) in [5.41, 5.74) is 0. The van der Waals surface area contributed by atoms with E-state index in [1.807, 2.05) is 0 Å². The molecule has 1 aliphatic rings. The van der Waals surface area contributed by atoms with Gasteiger partial charge in [0.2, 0.25) is 0 Å². The third-order valence-electron chi connectivity index (χ3n) is 2.69. The SMILES string of the molecule is CN1CC[NH+](C)CC1.O=C([O-])c1cc(Cl)c(Cl)s1. The van der Waals surface area contributed by atoms with E-state index in [1.165, 1.54) is 32.2 Å². The van der Waals surface area contributed by atoms with E-state index >= 15 is 0 Å². The van der Waals surface area contributed by atoms with Crippen LogP contribution in [0.1, 0.15) is 9.67 Å². The number of carbonyl (C=O) groups excluding carboxylic acids is 1. The van der Waals surface area contributed by atoms with E-state index in [0.29, 0.717) is 0 Å². The Morgan fingerprint density at radius 2 is 2.00 bits per heavy atom. The molecule has 102 valence electrons. The fourth-order valence-electron chi connectivity index (χ4n) is 1.45. The molecular weight excluding hydrogens is 295 g/mol. The van der Waals surface area contributed by atoms with Gasteiger partial charge in [0.25, 0.3) is 0 Å². The van der Waals surface area contributed by atoms with Gasteiger partial charge in [0.15, 0.2) is 0 Å². The fourth-order valence-corrected chi connectivity index (χ4v) is 2.65. The van der Waals surface area contributed by atoms with Gasteiger partial charge in [0, 0.05) is 13.1 Å². The topological polar surface area (TPSA) is 47.8 Å². The first-order valence-electron chi connectivity index (χ1n) is 5.56. The van der Waals surface area contributed by atoms with Gasteiger partial charge in [-0.05, 0) is 13.1 Å². The number of thiophene rings is 1. The van der Waals surface area contributed by atoms with E-state index in [0.717, 1.165) is 11.3 Å². The Balaban J connectivity index is 0.000000184. The molecule has 0 aliphatic carbocycles. The maximum Gasteiger partial charge on any atom is 0.112 e. The van der Waals surface area contributed by atoms with Crippen LogP contribution in [0.2, 0.25) is 9.36 Å². The first-order valence-corrected chi connectivity index (χ1v) is 7.13. The molecule has 0 unspecified atom stereocenters.